The Labute approximate surface area is 73.3 Å². The van der Waals surface area contributed by atoms with E-state index >= 15 is 0 Å². The van der Waals surface area contributed by atoms with Gasteiger partial charge in [0.15, 0.2) is 0 Å². The molecule has 3 heteroatoms. The molecule has 0 bridgehead atoms. The summed E-state index contributed by atoms with van der Waals surface area (Å²) in [7, 11) is 0. The van der Waals surface area contributed by atoms with Crippen LogP contribution in [0.2, 0.25) is 0 Å². The van der Waals surface area contributed by atoms with E-state index in [1.165, 1.54) is 0 Å². The molecule has 68 valence electrons. The molecule has 0 amide bonds. The van der Waals surface area contributed by atoms with E-state index in [1.54, 1.807) is 20.8 Å². The Morgan fingerprint density at radius 2 is 2.17 bits per heavy atom. The van der Waals surface area contributed by atoms with Crippen LogP contribution in [0, 0.1) is 12.3 Å². The second kappa shape index (κ2) is 4.13. The van der Waals surface area contributed by atoms with Gasteiger partial charge < -0.3 is 10.5 Å². The van der Waals surface area contributed by atoms with Crippen LogP contribution in [0.15, 0.2) is 0 Å². The SMILES string of the molecule is C#CC[C@H](N)C(=O)OC(C)(C)C. The van der Waals surface area contributed by atoms with E-state index in [-0.39, 0.29) is 6.42 Å². The number of carbonyl (C=O) groups is 1. The van der Waals surface area contributed by atoms with Gasteiger partial charge in [-0.3, -0.25) is 4.79 Å². The molecular weight excluding hydrogens is 154 g/mol. The van der Waals surface area contributed by atoms with E-state index < -0.39 is 17.6 Å². The van der Waals surface area contributed by atoms with E-state index in [4.69, 9.17) is 16.9 Å². The predicted molar refractivity (Wildman–Crippen MR) is 47.3 cm³/mol. The van der Waals surface area contributed by atoms with Crippen molar-refractivity contribution in [3.05, 3.63) is 0 Å². The molecule has 0 aromatic rings. The maximum absolute atomic E-state index is 11.1. The number of carbonyl (C=O) groups excluding carboxylic acids is 1. The number of rotatable bonds is 2. The fourth-order valence-corrected chi connectivity index (χ4v) is 0.588. The summed E-state index contributed by atoms with van der Waals surface area (Å²) >= 11 is 0. The van der Waals surface area contributed by atoms with E-state index in [0.717, 1.165) is 0 Å². The molecule has 0 saturated heterocycles. The predicted octanol–water partition coefficient (Wildman–Crippen LogP) is 0.679. The van der Waals surface area contributed by atoms with Crippen molar-refractivity contribution in [1.82, 2.24) is 0 Å². The number of esters is 1. The minimum atomic E-state index is -0.700. The molecule has 0 aliphatic rings. The van der Waals surface area contributed by atoms with Crippen molar-refractivity contribution in [2.45, 2.75) is 38.8 Å². The van der Waals surface area contributed by atoms with Gasteiger partial charge in [0.05, 0.1) is 0 Å². The minimum absolute atomic E-state index is 0.217. The van der Waals surface area contributed by atoms with Crippen LogP contribution < -0.4 is 5.73 Å². The van der Waals surface area contributed by atoms with Crippen molar-refractivity contribution < 1.29 is 9.53 Å². The van der Waals surface area contributed by atoms with Crippen molar-refractivity contribution in [1.29, 1.82) is 0 Å². The van der Waals surface area contributed by atoms with E-state index in [1.807, 2.05) is 0 Å². The summed E-state index contributed by atoms with van der Waals surface area (Å²) in [6, 6.07) is -0.700. The highest BCUT2D eigenvalue weighted by molar-refractivity contribution is 5.76. The normalized spacial score (nSPS) is 13.2. The second-order valence-corrected chi connectivity index (χ2v) is 3.55. The molecule has 0 aliphatic carbocycles. The van der Waals surface area contributed by atoms with Crippen LogP contribution >= 0.6 is 0 Å². The highest BCUT2D eigenvalue weighted by Crippen LogP contribution is 2.08. The summed E-state index contributed by atoms with van der Waals surface area (Å²) in [5.74, 6) is 1.86. The van der Waals surface area contributed by atoms with Crippen molar-refractivity contribution in [2.75, 3.05) is 0 Å². The molecule has 0 saturated carbocycles. The largest absolute Gasteiger partial charge is 0.459 e. The number of hydrogen-bond donors (Lipinski definition) is 1. The molecule has 0 aromatic carbocycles. The first-order chi connectivity index (χ1) is 5.37. The van der Waals surface area contributed by atoms with Gasteiger partial charge in [0.2, 0.25) is 0 Å². The molecule has 0 aliphatic heterocycles. The van der Waals surface area contributed by atoms with Gasteiger partial charge in [0, 0.05) is 6.42 Å². The first-order valence-electron chi connectivity index (χ1n) is 3.78. The summed E-state index contributed by atoms with van der Waals surface area (Å²) < 4.78 is 4.99. The Kier molecular flexibility index (Phi) is 3.78. The third kappa shape index (κ3) is 4.75. The maximum Gasteiger partial charge on any atom is 0.324 e. The molecule has 12 heavy (non-hydrogen) atoms. The molecule has 0 rings (SSSR count). The van der Waals surface area contributed by atoms with Crippen molar-refractivity contribution in [2.24, 2.45) is 5.73 Å². The summed E-state index contributed by atoms with van der Waals surface area (Å²) in [6.45, 7) is 5.36. The molecule has 1 atom stereocenters. The summed E-state index contributed by atoms with van der Waals surface area (Å²) in [5, 5.41) is 0. The lowest BCUT2D eigenvalue weighted by atomic mass is 10.2. The fourth-order valence-electron chi connectivity index (χ4n) is 0.588. The maximum atomic E-state index is 11.1. The number of nitrogens with two attached hydrogens (primary N) is 1. The van der Waals surface area contributed by atoms with Gasteiger partial charge >= 0.3 is 5.97 Å². The van der Waals surface area contributed by atoms with Gasteiger partial charge in [-0.25, -0.2) is 0 Å². The highest BCUT2D eigenvalue weighted by Gasteiger charge is 2.20. The van der Waals surface area contributed by atoms with Gasteiger partial charge in [-0.05, 0) is 20.8 Å². The number of hydrogen-bond acceptors (Lipinski definition) is 3. The molecule has 2 N–H and O–H groups in total. The number of terminal acetylenes is 1. The molecule has 0 fully saturated rings. The lowest BCUT2D eigenvalue weighted by molar-refractivity contribution is -0.156. The van der Waals surface area contributed by atoms with Gasteiger partial charge in [-0.2, -0.15) is 0 Å². The third-order valence-electron chi connectivity index (χ3n) is 1.05. The minimum Gasteiger partial charge on any atom is -0.459 e. The first-order valence-corrected chi connectivity index (χ1v) is 3.78. The molecule has 3 nitrogen and oxygen atoms in total. The summed E-state index contributed by atoms with van der Waals surface area (Å²) in [5.41, 5.74) is 4.92. The zero-order chi connectivity index (χ0) is 9.78. The van der Waals surface area contributed by atoms with E-state index in [0.29, 0.717) is 0 Å². The molecule has 0 radical (unpaired) electrons. The Balaban J connectivity index is 3.98. The fraction of sp³-hybridized carbons (Fsp3) is 0.667. The molecule has 0 heterocycles. The van der Waals surface area contributed by atoms with Gasteiger partial charge in [-0.1, -0.05) is 0 Å². The number of ether oxygens (including phenoxy) is 1. The smallest absolute Gasteiger partial charge is 0.324 e. The lowest BCUT2D eigenvalue weighted by Gasteiger charge is -2.21. The average molecular weight is 169 g/mol. The molecule has 0 aromatic heterocycles. The Morgan fingerprint density at radius 1 is 1.67 bits per heavy atom. The molecular formula is C9H15NO2. The van der Waals surface area contributed by atoms with Crippen LogP contribution in [0.1, 0.15) is 27.2 Å². The highest BCUT2D eigenvalue weighted by atomic mass is 16.6. The topological polar surface area (TPSA) is 52.3 Å². The quantitative estimate of drug-likeness (QED) is 0.488. The van der Waals surface area contributed by atoms with Crippen LogP contribution in [-0.2, 0) is 9.53 Å². The third-order valence-corrected chi connectivity index (χ3v) is 1.05. The van der Waals surface area contributed by atoms with Crippen LogP contribution in [0.3, 0.4) is 0 Å². The summed E-state index contributed by atoms with van der Waals surface area (Å²) in [6.07, 6.45) is 5.21. The van der Waals surface area contributed by atoms with E-state index in [9.17, 15) is 4.79 Å². The zero-order valence-corrected chi connectivity index (χ0v) is 7.76. The van der Waals surface area contributed by atoms with Gasteiger partial charge in [0.1, 0.15) is 11.6 Å². The average Bonchev–Trinajstić information content (AvgIpc) is 1.84. The summed E-state index contributed by atoms with van der Waals surface area (Å²) in [4.78, 5) is 11.1. The lowest BCUT2D eigenvalue weighted by Crippen LogP contribution is -2.37. The monoisotopic (exact) mass is 169 g/mol. The van der Waals surface area contributed by atoms with Crippen LogP contribution in [0.5, 0.6) is 0 Å². The Morgan fingerprint density at radius 3 is 2.50 bits per heavy atom. The molecule has 0 spiro atoms. The van der Waals surface area contributed by atoms with Crippen molar-refractivity contribution >= 4 is 5.97 Å². The first kappa shape index (κ1) is 11.0. The Hall–Kier alpha value is -1.01. The zero-order valence-electron chi connectivity index (χ0n) is 7.76. The van der Waals surface area contributed by atoms with Gasteiger partial charge in [0.25, 0.3) is 0 Å². The van der Waals surface area contributed by atoms with Crippen LogP contribution in [0.25, 0.3) is 0 Å². The molecule has 0 unspecified atom stereocenters. The second-order valence-electron chi connectivity index (χ2n) is 3.55. The van der Waals surface area contributed by atoms with E-state index in [2.05, 4.69) is 5.92 Å². The van der Waals surface area contributed by atoms with Crippen LogP contribution in [0.4, 0.5) is 0 Å². The van der Waals surface area contributed by atoms with Crippen molar-refractivity contribution in [3.63, 3.8) is 0 Å². The van der Waals surface area contributed by atoms with Crippen molar-refractivity contribution in [3.8, 4) is 12.3 Å². The van der Waals surface area contributed by atoms with Gasteiger partial charge in [-0.15, -0.1) is 12.3 Å². The standard InChI is InChI=1S/C9H15NO2/c1-5-6-7(10)8(11)12-9(2,3)4/h1,7H,6,10H2,2-4H3/t7-/m0/s1. The van der Waals surface area contributed by atoms with Crippen LogP contribution in [-0.4, -0.2) is 17.6 Å². The Bertz CT molecular complexity index is 198.